The molecule has 2 rings (SSSR count). The summed E-state index contributed by atoms with van der Waals surface area (Å²) in [6.07, 6.45) is 2.74. The lowest BCUT2D eigenvalue weighted by Crippen LogP contribution is -2.36. The lowest BCUT2D eigenvalue weighted by molar-refractivity contribution is 0.136. The van der Waals surface area contributed by atoms with Crippen molar-refractivity contribution in [1.82, 2.24) is 5.32 Å². The third-order valence-electron chi connectivity index (χ3n) is 2.90. The van der Waals surface area contributed by atoms with Crippen molar-refractivity contribution in [2.45, 2.75) is 31.4 Å². The first-order valence-electron chi connectivity index (χ1n) is 5.41. The zero-order chi connectivity index (χ0) is 10.7. The molecule has 1 saturated heterocycles. The molecule has 15 heavy (non-hydrogen) atoms. The van der Waals surface area contributed by atoms with Crippen LogP contribution in [0.3, 0.4) is 0 Å². The Labute approximate surface area is 98.8 Å². The second-order valence-electron chi connectivity index (χ2n) is 4.10. The highest BCUT2D eigenvalue weighted by atomic mass is 79.9. The molecule has 1 aliphatic heterocycles. The van der Waals surface area contributed by atoms with Crippen molar-refractivity contribution < 1.29 is 5.11 Å². The largest absolute Gasteiger partial charge is 0.391 e. The lowest BCUT2D eigenvalue weighted by Gasteiger charge is -2.18. The molecule has 2 nitrogen and oxygen atoms in total. The zero-order valence-corrected chi connectivity index (χ0v) is 10.2. The molecule has 1 fully saturated rings. The van der Waals surface area contributed by atoms with E-state index in [1.54, 1.807) is 0 Å². The van der Waals surface area contributed by atoms with E-state index in [0.29, 0.717) is 0 Å². The Bertz CT molecular complexity index is 323. The molecule has 2 unspecified atom stereocenters. The number of aliphatic hydroxyl groups excluding tert-OH is 1. The summed E-state index contributed by atoms with van der Waals surface area (Å²) < 4.78 is 1.08. The maximum Gasteiger partial charge on any atom is 0.0733 e. The highest BCUT2D eigenvalue weighted by molar-refractivity contribution is 9.10. The summed E-state index contributed by atoms with van der Waals surface area (Å²) in [7, 11) is 0. The molecule has 3 heteroatoms. The van der Waals surface area contributed by atoms with Gasteiger partial charge in [-0.15, -0.1) is 0 Å². The van der Waals surface area contributed by atoms with E-state index < -0.39 is 0 Å². The maximum absolute atomic E-state index is 10.0. The molecular formula is C12H16BrNO. The van der Waals surface area contributed by atoms with Crippen LogP contribution >= 0.6 is 15.9 Å². The Morgan fingerprint density at radius 2 is 2.40 bits per heavy atom. The predicted molar refractivity (Wildman–Crippen MR) is 64.9 cm³/mol. The van der Waals surface area contributed by atoms with Crippen LogP contribution in [0.5, 0.6) is 0 Å². The third-order valence-corrected chi connectivity index (χ3v) is 3.39. The van der Waals surface area contributed by atoms with Crippen molar-refractivity contribution in [3.05, 3.63) is 34.3 Å². The van der Waals surface area contributed by atoms with Gasteiger partial charge in [-0.2, -0.15) is 0 Å². The van der Waals surface area contributed by atoms with Gasteiger partial charge in [0.25, 0.3) is 0 Å². The van der Waals surface area contributed by atoms with Gasteiger partial charge < -0.3 is 10.4 Å². The van der Waals surface area contributed by atoms with Crippen LogP contribution in [-0.4, -0.2) is 23.8 Å². The molecule has 0 radical (unpaired) electrons. The summed E-state index contributed by atoms with van der Waals surface area (Å²) in [5.41, 5.74) is 1.19. The fourth-order valence-electron chi connectivity index (χ4n) is 2.09. The first kappa shape index (κ1) is 11.1. The van der Waals surface area contributed by atoms with Crippen LogP contribution in [0.25, 0.3) is 0 Å². The van der Waals surface area contributed by atoms with Gasteiger partial charge in [0.1, 0.15) is 0 Å². The van der Waals surface area contributed by atoms with Crippen molar-refractivity contribution >= 4 is 15.9 Å². The van der Waals surface area contributed by atoms with Crippen LogP contribution < -0.4 is 5.32 Å². The molecule has 2 N–H and O–H groups in total. The number of nitrogens with one attached hydrogen (secondary N) is 1. The number of benzene rings is 1. The van der Waals surface area contributed by atoms with Crippen LogP contribution in [-0.2, 0) is 6.42 Å². The SMILES string of the molecule is OC(Cc1cccc(Br)c1)C1CCCN1. The van der Waals surface area contributed by atoms with E-state index in [1.807, 2.05) is 12.1 Å². The summed E-state index contributed by atoms with van der Waals surface area (Å²) in [4.78, 5) is 0. The molecule has 1 aromatic rings. The van der Waals surface area contributed by atoms with Gasteiger partial charge in [0, 0.05) is 10.5 Å². The van der Waals surface area contributed by atoms with Gasteiger partial charge >= 0.3 is 0 Å². The molecule has 0 aromatic heterocycles. The van der Waals surface area contributed by atoms with Gasteiger partial charge in [0.15, 0.2) is 0 Å². The van der Waals surface area contributed by atoms with Crippen molar-refractivity contribution in [1.29, 1.82) is 0 Å². The Balaban J connectivity index is 1.95. The molecule has 0 saturated carbocycles. The van der Waals surface area contributed by atoms with E-state index in [1.165, 1.54) is 12.0 Å². The molecule has 2 atom stereocenters. The number of rotatable bonds is 3. The zero-order valence-electron chi connectivity index (χ0n) is 8.62. The number of hydrogen-bond acceptors (Lipinski definition) is 2. The number of halogens is 1. The van der Waals surface area contributed by atoms with Crippen molar-refractivity contribution in [3.63, 3.8) is 0 Å². The average Bonchev–Trinajstić information content (AvgIpc) is 2.70. The van der Waals surface area contributed by atoms with E-state index in [2.05, 4.69) is 33.4 Å². The quantitative estimate of drug-likeness (QED) is 0.881. The Hall–Kier alpha value is -0.380. The van der Waals surface area contributed by atoms with Crippen molar-refractivity contribution in [3.8, 4) is 0 Å². The molecule has 0 bridgehead atoms. The average molecular weight is 270 g/mol. The van der Waals surface area contributed by atoms with Gasteiger partial charge in [0.2, 0.25) is 0 Å². The maximum atomic E-state index is 10.0. The van der Waals surface area contributed by atoms with Crippen LogP contribution in [0.2, 0.25) is 0 Å². The van der Waals surface area contributed by atoms with E-state index in [-0.39, 0.29) is 12.1 Å². The fraction of sp³-hybridized carbons (Fsp3) is 0.500. The Morgan fingerprint density at radius 1 is 1.53 bits per heavy atom. The number of hydrogen-bond donors (Lipinski definition) is 2. The third kappa shape index (κ3) is 3.03. The molecule has 1 aromatic carbocycles. The van der Waals surface area contributed by atoms with Crippen LogP contribution in [0.1, 0.15) is 18.4 Å². The molecule has 0 amide bonds. The fourth-order valence-corrected chi connectivity index (χ4v) is 2.53. The minimum Gasteiger partial charge on any atom is -0.391 e. The summed E-state index contributed by atoms with van der Waals surface area (Å²) in [5, 5.41) is 13.3. The monoisotopic (exact) mass is 269 g/mol. The van der Waals surface area contributed by atoms with E-state index in [4.69, 9.17) is 0 Å². The van der Waals surface area contributed by atoms with Crippen LogP contribution in [0.15, 0.2) is 28.7 Å². The smallest absolute Gasteiger partial charge is 0.0733 e. The molecular weight excluding hydrogens is 254 g/mol. The van der Waals surface area contributed by atoms with Gasteiger partial charge in [-0.25, -0.2) is 0 Å². The van der Waals surface area contributed by atoms with E-state index in [0.717, 1.165) is 23.9 Å². The molecule has 1 aliphatic rings. The highest BCUT2D eigenvalue weighted by Crippen LogP contribution is 2.16. The lowest BCUT2D eigenvalue weighted by atomic mass is 10.0. The molecule has 0 aliphatic carbocycles. The summed E-state index contributed by atoms with van der Waals surface area (Å²) in [5.74, 6) is 0. The van der Waals surface area contributed by atoms with Crippen LogP contribution in [0.4, 0.5) is 0 Å². The summed E-state index contributed by atoms with van der Waals surface area (Å²) in [6, 6.07) is 8.42. The Morgan fingerprint density at radius 3 is 3.07 bits per heavy atom. The normalized spacial score (nSPS) is 22.9. The van der Waals surface area contributed by atoms with Gasteiger partial charge in [-0.1, -0.05) is 28.1 Å². The summed E-state index contributed by atoms with van der Waals surface area (Å²) >= 11 is 3.44. The van der Waals surface area contributed by atoms with Crippen molar-refractivity contribution in [2.24, 2.45) is 0 Å². The van der Waals surface area contributed by atoms with Crippen molar-refractivity contribution in [2.75, 3.05) is 6.54 Å². The first-order valence-corrected chi connectivity index (χ1v) is 6.21. The second-order valence-corrected chi connectivity index (χ2v) is 5.02. The molecule has 1 heterocycles. The minimum atomic E-state index is -0.262. The topological polar surface area (TPSA) is 32.3 Å². The molecule has 82 valence electrons. The standard InChI is InChI=1S/C12H16BrNO/c13-10-4-1-3-9(7-10)8-12(15)11-5-2-6-14-11/h1,3-4,7,11-12,14-15H,2,5-6,8H2. The Kier molecular flexibility index (Phi) is 3.78. The van der Waals surface area contributed by atoms with Crippen LogP contribution in [0, 0.1) is 0 Å². The van der Waals surface area contributed by atoms with E-state index >= 15 is 0 Å². The first-order chi connectivity index (χ1) is 7.25. The van der Waals surface area contributed by atoms with E-state index in [9.17, 15) is 5.11 Å². The van der Waals surface area contributed by atoms with Gasteiger partial charge in [-0.05, 0) is 43.5 Å². The minimum absolute atomic E-state index is 0.262. The van der Waals surface area contributed by atoms with Gasteiger partial charge in [0.05, 0.1) is 6.10 Å². The summed E-state index contributed by atoms with van der Waals surface area (Å²) in [6.45, 7) is 1.04. The highest BCUT2D eigenvalue weighted by Gasteiger charge is 2.22. The molecule has 0 spiro atoms. The van der Waals surface area contributed by atoms with Gasteiger partial charge in [-0.3, -0.25) is 0 Å². The second kappa shape index (κ2) is 5.10. The predicted octanol–water partition coefficient (Wildman–Crippen LogP) is 2.10. The number of aliphatic hydroxyl groups is 1.